The summed E-state index contributed by atoms with van der Waals surface area (Å²) < 4.78 is 7.84. The number of hydrogen-bond acceptors (Lipinski definition) is 5. The third-order valence-electron chi connectivity index (χ3n) is 6.25. The van der Waals surface area contributed by atoms with E-state index in [0.717, 1.165) is 41.5 Å². The van der Waals surface area contributed by atoms with Gasteiger partial charge >= 0.3 is 0 Å². The fourth-order valence-corrected chi connectivity index (χ4v) is 4.43. The number of anilines is 1. The molecule has 0 unspecified atom stereocenters. The molecule has 0 radical (unpaired) electrons. The summed E-state index contributed by atoms with van der Waals surface area (Å²) in [6.45, 7) is 10.8. The van der Waals surface area contributed by atoms with Gasteiger partial charge < -0.3 is 10.1 Å². The highest BCUT2D eigenvalue weighted by atomic mass is 16.5. The number of aromatic amines is 1. The Morgan fingerprint density at radius 1 is 1.12 bits per heavy atom. The van der Waals surface area contributed by atoms with Crippen LogP contribution in [0, 0.1) is 13.8 Å². The van der Waals surface area contributed by atoms with E-state index in [1.807, 2.05) is 42.8 Å². The predicted molar refractivity (Wildman–Crippen MR) is 130 cm³/mol. The third-order valence-corrected chi connectivity index (χ3v) is 6.25. The van der Waals surface area contributed by atoms with E-state index in [1.165, 1.54) is 38.8 Å². The molecule has 3 aromatic rings. The van der Waals surface area contributed by atoms with Crippen molar-refractivity contribution in [2.45, 2.75) is 53.0 Å². The summed E-state index contributed by atoms with van der Waals surface area (Å²) in [6.07, 6.45) is 5.25. The molecule has 2 N–H and O–H groups in total. The first-order valence-corrected chi connectivity index (χ1v) is 11.9. The van der Waals surface area contributed by atoms with Crippen LogP contribution in [0.2, 0.25) is 0 Å². The molecule has 8 heteroatoms. The highest BCUT2D eigenvalue weighted by Crippen LogP contribution is 2.26. The Hall–Kier alpha value is -3.13. The van der Waals surface area contributed by atoms with Crippen molar-refractivity contribution in [2.24, 2.45) is 0 Å². The molecule has 3 heterocycles. The Kier molecular flexibility index (Phi) is 7.44. The second kappa shape index (κ2) is 10.7. The Balaban J connectivity index is 1.31. The molecule has 0 saturated carbocycles. The SMILES string of the molecule is CCn1nc(C)c(-c2cc(C(=O)Nc3ccc(OCCN4CCCCCC4)cc3)[nH]n2)c1C. The van der Waals surface area contributed by atoms with Crippen LogP contribution < -0.4 is 10.1 Å². The molecule has 1 aliphatic rings. The number of aromatic nitrogens is 4. The van der Waals surface area contributed by atoms with Gasteiger partial charge in [0.05, 0.1) is 11.4 Å². The van der Waals surface area contributed by atoms with Crippen LogP contribution in [0.15, 0.2) is 30.3 Å². The van der Waals surface area contributed by atoms with E-state index in [2.05, 4.69) is 32.4 Å². The number of rotatable bonds is 8. The minimum atomic E-state index is -0.234. The van der Waals surface area contributed by atoms with Gasteiger partial charge in [0.1, 0.15) is 18.1 Å². The van der Waals surface area contributed by atoms with Crippen molar-refractivity contribution in [3.05, 3.63) is 47.4 Å². The minimum Gasteiger partial charge on any atom is -0.492 e. The molecule has 1 saturated heterocycles. The number of ether oxygens (including phenoxy) is 1. The van der Waals surface area contributed by atoms with Crippen LogP contribution in [-0.4, -0.2) is 57.0 Å². The number of H-pyrrole nitrogens is 1. The Morgan fingerprint density at radius 3 is 2.52 bits per heavy atom. The molecule has 0 aliphatic carbocycles. The molecule has 1 fully saturated rings. The molecule has 0 atom stereocenters. The molecular formula is C25H34N6O2. The standard InChI is InChI=1S/C25H34N6O2/c1-4-31-19(3)24(18(2)29-31)22-17-23(28-27-22)25(32)26-20-9-11-21(12-10-20)33-16-15-30-13-7-5-6-8-14-30/h9-12,17H,4-8,13-16H2,1-3H3,(H,26,32)(H,27,28). The Morgan fingerprint density at radius 2 is 1.85 bits per heavy atom. The van der Waals surface area contributed by atoms with Crippen molar-refractivity contribution in [2.75, 3.05) is 31.6 Å². The molecule has 4 rings (SSSR count). The van der Waals surface area contributed by atoms with Gasteiger partial charge in [0, 0.05) is 30.0 Å². The van der Waals surface area contributed by atoms with Gasteiger partial charge in [-0.3, -0.25) is 19.5 Å². The van der Waals surface area contributed by atoms with Crippen molar-refractivity contribution in [1.29, 1.82) is 0 Å². The lowest BCUT2D eigenvalue weighted by Crippen LogP contribution is -2.29. The predicted octanol–water partition coefficient (Wildman–Crippen LogP) is 4.42. The molecule has 0 bridgehead atoms. The van der Waals surface area contributed by atoms with Crippen LogP contribution in [0.3, 0.4) is 0 Å². The number of nitrogens with zero attached hydrogens (tertiary/aromatic N) is 4. The van der Waals surface area contributed by atoms with Gasteiger partial charge in [0.15, 0.2) is 0 Å². The van der Waals surface area contributed by atoms with Gasteiger partial charge in [0.2, 0.25) is 0 Å². The van der Waals surface area contributed by atoms with E-state index in [-0.39, 0.29) is 5.91 Å². The zero-order valence-corrected chi connectivity index (χ0v) is 19.9. The summed E-state index contributed by atoms with van der Waals surface area (Å²) in [5, 5.41) is 14.7. The molecule has 2 aromatic heterocycles. The summed E-state index contributed by atoms with van der Waals surface area (Å²) in [5.74, 6) is 0.576. The lowest BCUT2D eigenvalue weighted by molar-refractivity contribution is 0.102. The Labute approximate surface area is 195 Å². The van der Waals surface area contributed by atoms with E-state index in [4.69, 9.17) is 4.74 Å². The van der Waals surface area contributed by atoms with Gasteiger partial charge in [-0.25, -0.2) is 0 Å². The van der Waals surface area contributed by atoms with E-state index >= 15 is 0 Å². The summed E-state index contributed by atoms with van der Waals surface area (Å²) >= 11 is 0. The number of carbonyl (C=O) groups is 1. The molecule has 1 aromatic carbocycles. The van der Waals surface area contributed by atoms with Crippen LogP contribution in [0.5, 0.6) is 5.75 Å². The van der Waals surface area contributed by atoms with Crippen LogP contribution in [0.4, 0.5) is 5.69 Å². The molecular weight excluding hydrogens is 416 g/mol. The van der Waals surface area contributed by atoms with Crippen LogP contribution in [0.25, 0.3) is 11.3 Å². The van der Waals surface area contributed by atoms with E-state index < -0.39 is 0 Å². The maximum absolute atomic E-state index is 12.7. The largest absolute Gasteiger partial charge is 0.492 e. The molecule has 1 aliphatic heterocycles. The molecule has 0 spiro atoms. The summed E-state index contributed by atoms with van der Waals surface area (Å²) in [4.78, 5) is 15.2. The number of aryl methyl sites for hydroxylation is 2. The van der Waals surface area contributed by atoms with E-state index in [1.54, 1.807) is 6.07 Å². The quantitative estimate of drug-likeness (QED) is 0.530. The van der Waals surface area contributed by atoms with Gasteiger partial charge in [-0.15, -0.1) is 0 Å². The number of amides is 1. The molecule has 8 nitrogen and oxygen atoms in total. The molecule has 1 amide bonds. The average Bonchev–Trinajstić information content (AvgIpc) is 3.29. The van der Waals surface area contributed by atoms with Crippen LogP contribution >= 0.6 is 0 Å². The zero-order chi connectivity index (χ0) is 23.2. The number of hydrogen-bond donors (Lipinski definition) is 2. The van der Waals surface area contributed by atoms with Crippen LogP contribution in [-0.2, 0) is 6.54 Å². The van der Waals surface area contributed by atoms with Crippen molar-refractivity contribution >= 4 is 11.6 Å². The van der Waals surface area contributed by atoms with Crippen molar-refractivity contribution < 1.29 is 9.53 Å². The van der Waals surface area contributed by atoms with E-state index in [9.17, 15) is 4.79 Å². The zero-order valence-electron chi connectivity index (χ0n) is 19.9. The highest BCUT2D eigenvalue weighted by Gasteiger charge is 2.18. The molecule has 33 heavy (non-hydrogen) atoms. The smallest absolute Gasteiger partial charge is 0.273 e. The van der Waals surface area contributed by atoms with Crippen LogP contribution in [0.1, 0.15) is 54.5 Å². The van der Waals surface area contributed by atoms with Gasteiger partial charge in [-0.1, -0.05) is 12.8 Å². The minimum absolute atomic E-state index is 0.234. The monoisotopic (exact) mass is 450 g/mol. The topological polar surface area (TPSA) is 88.1 Å². The second-order valence-corrected chi connectivity index (χ2v) is 8.61. The number of benzene rings is 1. The first-order chi connectivity index (χ1) is 16.0. The van der Waals surface area contributed by atoms with Crippen molar-refractivity contribution in [3.8, 4) is 17.0 Å². The third kappa shape index (κ3) is 5.63. The lowest BCUT2D eigenvalue weighted by Gasteiger charge is -2.19. The normalized spacial score (nSPS) is 14.8. The second-order valence-electron chi connectivity index (χ2n) is 8.61. The highest BCUT2D eigenvalue weighted by molar-refractivity contribution is 6.03. The summed E-state index contributed by atoms with van der Waals surface area (Å²) in [6, 6.07) is 9.27. The number of likely N-dealkylation sites (tertiary alicyclic amines) is 1. The van der Waals surface area contributed by atoms with Crippen molar-refractivity contribution in [3.63, 3.8) is 0 Å². The van der Waals surface area contributed by atoms with Crippen molar-refractivity contribution in [1.82, 2.24) is 24.9 Å². The summed E-state index contributed by atoms with van der Waals surface area (Å²) in [7, 11) is 0. The maximum Gasteiger partial charge on any atom is 0.273 e. The van der Waals surface area contributed by atoms with Gasteiger partial charge in [-0.2, -0.15) is 10.2 Å². The number of nitrogens with one attached hydrogen (secondary N) is 2. The Bertz CT molecular complexity index is 1060. The lowest BCUT2D eigenvalue weighted by atomic mass is 10.1. The maximum atomic E-state index is 12.7. The fraction of sp³-hybridized carbons (Fsp3) is 0.480. The number of carbonyl (C=O) groups excluding carboxylic acids is 1. The van der Waals surface area contributed by atoms with E-state index in [0.29, 0.717) is 18.0 Å². The molecule has 176 valence electrons. The first kappa shape index (κ1) is 23.0. The first-order valence-electron chi connectivity index (χ1n) is 11.9. The summed E-state index contributed by atoms with van der Waals surface area (Å²) in [5.41, 5.74) is 4.75. The van der Waals surface area contributed by atoms with Gasteiger partial charge in [-0.05, 0) is 77.0 Å². The average molecular weight is 451 g/mol. The van der Waals surface area contributed by atoms with Gasteiger partial charge in [0.25, 0.3) is 5.91 Å². The fourth-order valence-electron chi connectivity index (χ4n) is 4.43.